The van der Waals surface area contributed by atoms with Crippen molar-refractivity contribution in [2.45, 2.75) is 19.4 Å². The maximum Gasteiger partial charge on any atom is 0.0258 e. The summed E-state index contributed by atoms with van der Waals surface area (Å²) >= 11 is 0. The summed E-state index contributed by atoms with van der Waals surface area (Å²) in [5.74, 6) is 0. The molecule has 2 N–H and O–H groups in total. The predicted molar refractivity (Wildman–Crippen MR) is 37.6 cm³/mol. The van der Waals surface area contributed by atoms with Crippen LogP contribution >= 0.6 is 0 Å². The van der Waals surface area contributed by atoms with E-state index in [-0.39, 0.29) is 6.04 Å². The summed E-state index contributed by atoms with van der Waals surface area (Å²) in [7, 11) is 0. The Hall–Kier alpha value is -0.560. The molecule has 46 valence electrons. The molecule has 0 fully saturated rings. The van der Waals surface area contributed by atoms with Gasteiger partial charge in [-0.3, -0.25) is 0 Å². The van der Waals surface area contributed by atoms with Crippen LogP contribution in [0.3, 0.4) is 0 Å². The van der Waals surface area contributed by atoms with E-state index >= 15 is 0 Å². The van der Waals surface area contributed by atoms with Crippen molar-refractivity contribution >= 4 is 0 Å². The number of hydrogen-bond donors (Lipinski definition) is 1. The van der Waals surface area contributed by atoms with Crippen molar-refractivity contribution in [2.24, 2.45) is 5.73 Å². The SMILES string of the molecule is C=CCC(N)/C=C\C. The minimum atomic E-state index is 0.164. The lowest BCUT2D eigenvalue weighted by Gasteiger charge is -1.97. The van der Waals surface area contributed by atoms with Gasteiger partial charge in [0.2, 0.25) is 0 Å². The lowest BCUT2D eigenvalue weighted by atomic mass is 10.2. The number of nitrogens with two attached hydrogens (primary N) is 1. The average Bonchev–Trinajstić information content (AvgIpc) is 1.68. The van der Waals surface area contributed by atoms with Gasteiger partial charge < -0.3 is 5.73 Å². The molecule has 8 heavy (non-hydrogen) atoms. The van der Waals surface area contributed by atoms with E-state index in [1.807, 2.05) is 25.2 Å². The monoisotopic (exact) mass is 111 g/mol. The lowest BCUT2D eigenvalue weighted by Crippen LogP contribution is -2.14. The predicted octanol–water partition coefficient (Wildman–Crippen LogP) is 1.47. The molecule has 1 atom stereocenters. The molecule has 0 spiro atoms. The van der Waals surface area contributed by atoms with Gasteiger partial charge in [0.1, 0.15) is 0 Å². The molecule has 0 heterocycles. The maximum absolute atomic E-state index is 5.54. The normalized spacial score (nSPS) is 14.2. The third kappa shape index (κ3) is 3.62. The van der Waals surface area contributed by atoms with Crippen LogP contribution in [0, 0.1) is 0 Å². The van der Waals surface area contributed by atoms with Crippen LogP contribution in [0.2, 0.25) is 0 Å². The van der Waals surface area contributed by atoms with Crippen LogP contribution in [0.25, 0.3) is 0 Å². The van der Waals surface area contributed by atoms with E-state index in [0.29, 0.717) is 0 Å². The summed E-state index contributed by atoms with van der Waals surface area (Å²) in [6.45, 7) is 5.53. The van der Waals surface area contributed by atoms with Crippen LogP contribution < -0.4 is 5.73 Å². The number of hydrogen-bond acceptors (Lipinski definition) is 1. The van der Waals surface area contributed by atoms with E-state index < -0.39 is 0 Å². The van der Waals surface area contributed by atoms with Crippen molar-refractivity contribution in [3.05, 3.63) is 24.8 Å². The summed E-state index contributed by atoms with van der Waals surface area (Å²) in [5.41, 5.74) is 5.54. The van der Waals surface area contributed by atoms with E-state index in [9.17, 15) is 0 Å². The molecular formula is C7H13N. The van der Waals surface area contributed by atoms with Crippen molar-refractivity contribution in [3.63, 3.8) is 0 Å². The van der Waals surface area contributed by atoms with Crippen LogP contribution in [0.5, 0.6) is 0 Å². The lowest BCUT2D eigenvalue weighted by molar-refractivity contribution is 0.834. The molecule has 0 saturated heterocycles. The van der Waals surface area contributed by atoms with Gasteiger partial charge in [-0.25, -0.2) is 0 Å². The first-order valence-electron chi connectivity index (χ1n) is 2.80. The summed E-state index contributed by atoms with van der Waals surface area (Å²) in [6, 6.07) is 0.164. The summed E-state index contributed by atoms with van der Waals surface area (Å²) in [4.78, 5) is 0. The first-order valence-corrected chi connectivity index (χ1v) is 2.80. The maximum atomic E-state index is 5.54. The van der Waals surface area contributed by atoms with E-state index in [1.165, 1.54) is 0 Å². The van der Waals surface area contributed by atoms with E-state index in [1.54, 1.807) is 0 Å². The Balaban J connectivity index is 3.31. The molecule has 0 aromatic carbocycles. The molecule has 0 aromatic rings. The molecule has 1 heteroatoms. The highest BCUT2D eigenvalue weighted by atomic mass is 14.6. The highest BCUT2D eigenvalue weighted by Gasteiger charge is 1.88. The summed E-state index contributed by atoms with van der Waals surface area (Å²) in [5, 5.41) is 0. The minimum Gasteiger partial charge on any atom is -0.324 e. The van der Waals surface area contributed by atoms with E-state index in [4.69, 9.17) is 5.73 Å². The molecule has 0 aliphatic carbocycles. The van der Waals surface area contributed by atoms with Gasteiger partial charge in [-0.05, 0) is 13.3 Å². The molecule has 0 bridgehead atoms. The molecule has 1 unspecified atom stereocenters. The van der Waals surface area contributed by atoms with Crippen molar-refractivity contribution in [1.29, 1.82) is 0 Å². The molecule has 0 rings (SSSR count). The molecule has 0 amide bonds. The second-order valence-electron chi connectivity index (χ2n) is 1.71. The fourth-order valence-electron chi connectivity index (χ4n) is 0.518. The Kier molecular flexibility index (Phi) is 4.27. The van der Waals surface area contributed by atoms with Crippen LogP contribution in [-0.2, 0) is 0 Å². The number of rotatable bonds is 3. The molecule has 0 radical (unpaired) electrons. The van der Waals surface area contributed by atoms with Gasteiger partial charge in [0.05, 0.1) is 0 Å². The van der Waals surface area contributed by atoms with Gasteiger partial charge in [0.25, 0.3) is 0 Å². The Morgan fingerprint density at radius 2 is 2.38 bits per heavy atom. The summed E-state index contributed by atoms with van der Waals surface area (Å²) in [6.07, 6.45) is 6.60. The minimum absolute atomic E-state index is 0.164. The zero-order chi connectivity index (χ0) is 6.41. The fourth-order valence-corrected chi connectivity index (χ4v) is 0.518. The second kappa shape index (κ2) is 4.60. The first-order chi connectivity index (χ1) is 3.81. The Bertz CT molecular complexity index is 84.4. The van der Waals surface area contributed by atoms with Crippen LogP contribution in [-0.4, -0.2) is 6.04 Å². The van der Waals surface area contributed by atoms with Crippen LogP contribution in [0.1, 0.15) is 13.3 Å². The van der Waals surface area contributed by atoms with Gasteiger partial charge in [0.15, 0.2) is 0 Å². The zero-order valence-electron chi connectivity index (χ0n) is 5.30. The smallest absolute Gasteiger partial charge is 0.0258 e. The molecule has 1 nitrogen and oxygen atoms in total. The highest BCUT2D eigenvalue weighted by molar-refractivity contribution is 4.92. The molecule has 0 aliphatic heterocycles. The highest BCUT2D eigenvalue weighted by Crippen LogP contribution is 1.88. The standard InChI is InChI=1S/C7H13N/c1-3-5-7(8)6-4-2/h3-4,6-7H,1,5,8H2,2H3/b6-4-. The van der Waals surface area contributed by atoms with E-state index in [0.717, 1.165) is 6.42 Å². The van der Waals surface area contributed by atoms with Gasteiger partial charge >= 0.3 is 0 Å². The fraction of sp³-hybridized carbons (Fsp3) is 0.429. The van der Waals surface area contributed by atoms with Gasteiger partial charge in [-0.1, -0.05) is 18.2 Å². The van der Waals surface area contributed by atoms with E-state index in [2.05, 4.69) is 6.58 Å². The van der Waals surface area contributed by atoms with Gasteiger partial charge in [-0.15, -0.1) is 6.58 Å². The average molecular weight is 111 g/mol. The second-order valence-corrected chi connectivity index (χ2v) is 1.71. The van der Waals surface area contributed by atoms with Crippen molar-refractivity contribution in [1.82, 2.24) is 0 Å². The van der Waals surface area contributed by atoms with Crippen molar-refractivity contribution < 1.29 is 0 Å². The zero-order valence-corrected chi connectivity index (χ0v) is 5.30. The number of allylic oxidation sites excluding steroid dienone is 1. The third-order valence-electron chi connectivity index (χ3n) is 0.878. The Labute approximate surface area is 50.9 Å². The summed E-state index contributed by atoms with van der Waals surface area (Å²) < 4.78 is 0. The quantitative estimate of drug-likeness (QED) is 0.548. The van der Waals surface area contributed by atoms with Crippen LogP contribution in [0.15, 0.2) is 24.8 Å². The molecule has 0 saturated carbocycles. The molecular weight excluding hydrogens is 98.1 g/mol. The van der Waals surface area contributed by atoms with Crippen molar-refractivity contribution in [2.75, 3.05) is 0 Å². The molecule has 0 aromatic heterocycles. The molecule has 0 aliphatic rings. The van der Waals surface area contributed by atoms with Crippen molar-refractivity contribution in [3.8, 4) is 0 Å². The topological polar surface area (TPSA) is 26.0 Å². The van der Waals surface area contributed by atoms with Crippen LogP contribution in [0.4, 0.5) is 0 Å². The largest absolute Gasteiger partial charge is 0.324 e. The van der Waals surface area contributed by atoms with Gasteiger partial charge in [0, 0.05) is 6.04 Å². The Morgan fingerprint density at radius 3 is 2.75 bits per heavy atom. The Morgan fingerprint density at radius 1 is 1.75 bits per heavy atom. The van der Waals surface area contributed by atoms with Gasteiger partial charge in [-0.2, -0.15) is 0 Å². The third-order valence-corrected chi connectivity index (χ3v) is 0.878. The first kappa shape index (κ1) is 7.44.